The number of primary amides is 1. The van der Waals surface area contributed by atoms with Gasteiger partial charge in [-0.25, -0.2) is 9.86 Å². The zero-order valence-electron chi connectivity index (χ0n) is 9.70. The lowest BCUT2D eigenvalue weighted by atomic mass is 10.1. The summed E-state index contributed by atoms with van der Waals surface area (Å²) in [6.45, 7) is 0.535. The third kappa shape index (κ3) is 1.95. The van der Waals surface area contributed by atoms with Gasteiger partial charge in [-0.2, -0.15) is 0 Å². The molecule has 1 heterocycles. The van der Waals surface area contributed by atoms with Crippen LogP contribution in [-0.2, 0) is 0 Å². The average molecular weight is 250 g/mol. The molecule has 3 N–H and O–H groups in total. The zero-order valence-corrected chi connectivity index (χ0v) is 9.70. The summed E-state index contributed by atoms with van der Waals surface area (Å²) in [6.07, 6.45) is 0.935. The number of urea groups is 1. The maximum absolute atomic E-state index is 10.7. The Morgan fingerprint density at radius 3 is 3.00 bits per heavy atom. The van der Waals surface area contributed by atoms with E-state index in [0.29, 0.717) is 11.0 Å². The fourth-order valence-electron chi connectivity index (χ4n) is 2.31. The standard InChI is InChI=1S/C12H14N2O4/c13-12(15)14(16)5-8-3-9(8)7-1-2-10-11(4-7)18-6-17-10/h1-2,4,8-9,16H,3,5-6H2,(H2,13,15)/t8-,9-/m0/s1. The van der Waals surface area contributed by atoms with Gasteiger partial charge in [-0.3, -0.25) is 5.21 Å². The van der Waals surface area contributed by atoms with Crippen molar-refractivity contribution in [3.8, 4) is 11.5 Å². The first kappa shape index (κ1) is 11.2. The molecule has 2 aliphatic rings. The number of benzene rings is 1. The maximum Gasteiger partial charge on any atom is 0.338 e. The van der Waals surface area contributed by atoms with Crippen LogP contribution in [0.15, 0.2) is 18.2 Å². The third-order valence-corrected chi connectivity index (χ3v) is 3.41. The number of hydrogen-bond donors (Lipinski definition) is 2. The van der Waals surface area contributed by atoms with Gasteiger partial charge in [0.05, 0.1) is 6.54 Å². The Kier molecular flexibility index (Phi) is 2.52. The molecule has 3 rings (SSSR count). The summed E-state index contributed by atoms with van der Waals surface area (Å²) in [7, 11) is 0. The summed E-state index contributed by atoms with van der Waals surface area (Å²) in [4.78, 5) is 10.7. The molecular formula is C12H14N2O4. The Bertz CT molecular complexity index is 491. The topological polar surface area (TPSA) is 85.0 Å². The average Bonchev–Trinajstić information content (AvgIpc) is 2.95. The molecule has 2 amide bonds. The number of hydroxylamine groups is 2. The molecule has 18 heavy (non-hydrogen) atoms. The fraction of sp³-hybridized carbons (Fsp3) is 0.417. The van der Waals surface area contributed by atoms with Gasteiger partial charge >= 0.3 is 6.03 Å². The van der Waals surface area contributed by atoms with E-state index in [9.17, 15) is 10.0 Å². The highest BCUT2D eigenvalue weighted by atomic mass is 16.7. The van der Waals surface area contributed by atoms with Crippen LogP contribution < -0.4 is 15.2 Å². The first-order valence-corrected chi connectivity index (χ1v) is 5.80. The van der Waals surface area contributed by atoms with Crippen molar-refractivity contribution in [1.82, 2.24) is 5.06 Å². The second-order valence-corrected chi connectivity index (χ2v) is 4.64. The lowest BCUT2D eigenvalue weighted by Crippen LogP contribution is -2.34. The minimum Gasteiger partial charge on any atom is -0.454 e. The molecule has 1 aliphatic carbocycles. The van der Waals surface area contributed by atoms with Crippen molar-refractivity contribution < 1.29 is 19.5 Å². The van der Waals surface area contributed by atoms with E-state index in [2.05, 4.69) is 0 Å². The van der Waals surface area contributed by atoms with Crippen molar-refractivity contribution in [1.29, 1.82) is 0 Å². The largest absolute Gasteiger partial charge is 0.454 e. The molecule has 0 saturated heterocycles. The van der Waals surface area contributed by atoms with Gasteiger partial charge in [-0.1, -0.05) is 6.07 Å². The summed E-state index contributed by atoms with van der Waals surface area (Å²) in [5.74, 6) is 2.11. The second kappa shape index (κ2) is 4.06. The monoisotopic (exact) mass is 250 g/mol. The maximum atomic E-state index is 10.7. The molecule has 0 unspecified atom stereocenters. The molecule has 1 fully saturated rings. The van der Waals surface area contributed by atoms with Crippen LogP contribution in [0.3, 0.4) is 0 Å². The number of rotatable bonds is 3. The molecule has 6 heteroatoms. The number of ether oxygens (including phenoxy) is 2. The highest BCUT2D eigenvalue weighted by Gasteiger charge is 2.40. The van der Waals surface area contributed by atoms with Gasteiger partial charge in [0.1, 0.15) is 0 Å². The van der Waals surface area contributed by atoms with Gasteiger partial charge in [0.2, 0.25) is 6.79 Å². The Hall–Kier alpha value is -1.95. The lowest BCUT2D eigenvalue weighted by Gasteiger charge is -2.11. The van der Waals surface area contributed by atoms with E-state index < -0.39 is 6.03 Å². The van der Waals surface area contributed by atoms with E-state index in [4.69, 9.17) is 15.2 Å². The van der Waals surface area contributed by atoms with Crippen molar-refractivity contribution in [3.63, 3.8) is 0 Å². The molecule has 1 aliphatic heterocycles. The van der Waals surface area contributed by atoms with Gasteiger partial charge in [-0.15, -0.1) is 0 Å². The van der Waals surface area contributed by atoms with Crippen LogP contribution in [0.25, 0.3) is 0 Å². The third-order valence-electron chi connectivity index (χ3n) is 3.41. The van der Waals surface area contributed by atoms with Gasteiger partial charge < -0.3 is 15.2 Å². The molecule has 2 atom stereocenters. The molecule has 0 bridgehead atoms. The van der Waals surface area contributed by atoms with Gasteiger partial charge in [0, 0.05) is 0 Å². The van der Waals surface area contributed by atoms with Crippen molar-refractivity contribution in [3.05, 3.63) is 23.8 Å². The van der Waals surface area contributed by atoms with E-state index in [1.807, 2.05) is 18.2 Å². The number of hydrogen-bond acceptors (Lipinski definition) is 4. The van der Waals surface area contributed by atoms with Crippen LogP contribution in [0.5, 0.6) is 11.5 Å². The lowest BCUT2D eigenvalue weighted by molar-refractivity contribution is -0.0431. The quantitative estimate of drug-likeness (QED) is 0.625. The van der Waals surface area contributed by atoms with Crippen molar-refractivity contribution in [2.75, 3.05) is 13.3 Å². The molecule has 1 saturated carbocycles. The Morgan fingerprint density at radius 2 is 2.22 bits per heavy atom. The highest BCUT2D eigenvalue weighted by molar-refractivity contribution is 5.70. The molecular weight excluding hydrogens is 236 g/mol. The number of amides is 2. The second-order valence-electron chi connectivity index (χ2n) is 4.64. The minimum atomic E-state index is -0.814. The zero-order chi connectivity index (χ0) is 12.7. The van der Waals surface area contributed by atoms with E-state index in [1.54, 1.807) is 0 Å². The summed E-state index contributed by atoms with van der Waals surface area (Å²) < 4.78 is 10.6. The SMILES string of the molecule is NC(=O)N(O)C[C@@H]1C[C@H]1c1ccc2c(c1)OCO2. The van der Waals surface area contributed by atoms with E-state index in [1.165, 1.54) is 0 Å². The number of fused-ring (bicyclic) bond motifs is 1. The molecule has 96 valence electrons. The number of carbonyl (C=O) groups is 1. The predicted molar refractivity (Wildman–Crippen MR) is 61.5 cm³/mol. The summed E-state index contributed by atoms with van der Waals surface area (Å²) in [6, 6.07) is 5.02. The van der Waals surface area contributed by atoms with Crippen LogP contribution in [-0.4, -0.2) is 29.6 Å². The number of nitrogens with zero attached hydrogens (tertiary/aromatic N) is 1. The number of nitrogens with two attached hydrogens (primary N) is 1. The van der Waals surface area contributed by atoms with Crippen molar-refractivity contribution in [2.24, 2.45) is 11.7 Å². The normalized spacial score (nSPS) is 23.8. The summed E-state index contributed by atoms with van der Waals surface area (Å²) in [5, 5.41) is 9.84. The van der Waals surface area contributed by atoms with Crippen LogP contribution in [0.1, 0.15) is 17.9 Å². The van der Waals surface area contributed by atoms with E-state index in [-0.39, 0.29) is 19.3 Å². The van der Waals surface area contributed by atoms with Crippen LogP contribution in [0, 0.1) is 5.92 Å². The van der Waals surface area contributed by atoms with Crippen molar-refractivity contribution in [2.45, 2.75) is 12.3 Å². The Labute approximate surface area is 104 Å². The molecule has 6 nitrogen and oxygen atoms in total. The molecule has 1 aromatic carbocycles. The summed E-state index contributed by atoms with van der Waals surface area (Å²) in [5.41, 5.74) is 6.11. The Morgan fingerprint density at radius 1 is 1.44 bits per heavy atom. The molecule has 0 spiro atoms. The first-order valence-electron chi connectivity index (χ1n) is 5.80. The smallest absolute Gasteiger partial charge is 0.338 e. The molecule has 0 aromatic heterocycles. The fourth-order valence-corrected chi connectivity index (χ4v) is 2.31. The van der Waals surface area contributed by atoms with E-state index >= 15 is 0 Å². The van der Waals surface area contributed by atoms with E-state index in [0.717, 1.165) is 23.5 Å². The van der Waals surface area contributed by atoms with Crippen LogP contribution in [0.4, 0.5) is 4.79 Å². The Balaban J connectivity index is 1.66. The van der Waals surface area contributed by atoms with Crippen LogP contribution in [0.2, 0.25) is 0 Å². The minimum absolute atomic E-state index is 0.253. The highest BCUT2D eigenvalue weighted by Crippen LogP contribution is 2.49. The molecule has 0 radical (unpaired) electrons. The van der Waals surface area contributed by atoms with Crippen LogP contribution >= 0.6 is 0 Å². The van der Waals surface area contributed by atoms with Gasteiger partial charge in [-0.05, 0) is 36.0 Å². The first-order chi connectivity index (χ1) is 8.65. The number of carbonyl (C=O) groups excluding carboxylic acids is 1. The summed E-state index contributed by atoms with van der Waals surface area (Å²) >= 11 is 0. The predicted octanol–water partition coefficient (Wildman–Crippen LogP) is 1.29. The van der Waals surface area contributed by atoms with Crippen molar-refractivity contribution >= 4 is 6.03 Å². The van der Waals surface area contributed by atoms with Gasteiger partial charge in [0.15, 0.2) is 11.5 Å². The van der Waals surface area contributed by atoms with Gasteiger partial charge in [0.25, 0.3) is 0 Å². The molecule has 1 aromatic rings.